The molecule has 4 nitrogen and oxygen atoms in total. The van der Waals surface area contributed by atoms with Gasteiger partial charge in [-0.05, 0) is 35.2 Å². The highest BCUT2D eigenvalue weighted by molar-refractivity contribution is 9.10. The van der Waals surface area contributed by atoms with E-state index >= 15 is 0 Å². The topological polar surface area (TPSA) is 41.1 Å². The summed E-state index contributed by atoms with van der Waals surface area (Å²) in [5.41, 5.74) is 1.15. The van der Waals surface area contributed by atoms with E-state index in [9.17, 15) is 0 Å². The zero-order valence-electron chi connectivity index (χ0n) is 10.6. The van der Waals surface area contributed by atoms with Crippen LogP contribution in [-0.2, 0) is 0 Å². The molecule has 1 aliphatic carbocycles. The summed E-state index contributed by atoms with van der Waals surface area (Å²) in [6.07, 6.45) is 3.58. The van der Waals surface area contributed by atoms with Crippen molar-refractivity contribution in [3.8, 4) is 0 Å². The van der Waals surface area contributed by atoms with Gasteiger partial charge in [0.2, 0.25) is 5.95 Å². The maximum Gasteiger partial charge on any atom is 0.227 e. The first kappa shape index (κ1) is 12.6. The lowest BCUT2D eigenvalue weighted by Crippen LogP contribution is -2.16. The molecule has 0 atom stereocenters. The van der Waals surface area contributed by atoms with Crippen LogP contribution < -0.4 is 10.2 Å². The Morgan fingerprint density at radius 2 is 2.06 bits per heavy atom. The average molecular weight is 299 g/mol. The molecule has 0 saturated heterocycles. The van der Waals surface area contributed by atoms with Gasteiger partial charge < -0.3 is 10.2 Å². The number of hydrogen-bond acceptors (Lipinski definition) is 4. The fourth-order valence-electron chi connectivity index (χ4n) is 1.64. The smallest absolute Gasteiger partial charge is 0.227 e. The molecule has 0 unspecified atom stereocenters. The van der Waals surface area contributed by atoms with E-state index in [2.05, 4.69) is 38.1 Å². The molecule has 0 spiro atoms. The molecule has 1 aromatic heterocycles. The maximum atomic E-state index is 4.63. The third-order valence-corrected chi connectivity index (χ3v) is 3.55. The Bertz CT molecular complexity index is 402. The van der Waals surface area contributed by atoms with Gasteiger partial charge in [0, 0.05) is 26.6 Å². The van der Waals surface area contributed by atoms with E-state index in [1.54, 1.807) is 0 Å². The van der Waals surface area contributed by atoms with Crippen molar-refractivity contribution in [3.05, 3.63) is 10.2 Å². The van der Waals surface area contributed by atoms with Gasteiger partial charge >= 0.3 is 0 Å². The van der Waals surface area contributed by atoms with Crippen LogP contribution in [0.4, 0.5) is 11.8 Å². The third kappa shape index (κ3) is 2.89. The van der Waals surface area contributed by atoms with E-state index in [-0.39, 0.29) is 0 Å². The van der Waals surface area contributed by atoms with Crippen LogP contribution in [0.3, 0.4) is 0 Å². The summed E-state index contributed by atoms with van der Waals surface area (Å²) in [5, 5.41) is 3.36. The predicted molar refractivity (Wildman–Crippen MR) is 74.8 cm³/mol. The van der Waals surface area contributed by atoms with Crippen molar-refractivity contribution in [2.45, 2.75) is 32.1 Å². The lowest BCUT2D eigenvalue weighted by Gasteiger charge is -2.16. The molecule has 94 valence electrons. The number of nitrogens with zero attached hydrogens (tertiary/aromatic N) is 3. The molecule has 1 saturated carbocycles. The van der Waals surface area contributed by atoms with Crippen molar-refractivity contribution in [1.29, 1.82) is 0 Å². The zero-order valence-corrected chi connectivity index (χ0v) is 12.2. The quantitative estimate of drug-likeness (QED) is 0.907. The lowest BCUT2D eigenvalue weighted by molar-refractivity contribution is 0.907. The van der Waals surface area contributed by atoms with E-state index in [1.165, 1.54) is 12.8 Å². The highest BCUT2D eigenvalue weighted by Crippen LogP contribution is 2.44. The summed E-state index contributed by atoms with van der Waals surface area (Å²) in [5.74, 6) is 2.33. The first-order valence-corrected chi connectivity index (χ1v) is 6.91. The largest absolute Gasteiger partial charge is 0.369 e. The molecule has 1 aromatic rings. The first-order chi connectivity index (χ1) is 8.13. The van der Waals surface area contributed by atoms with Crippen LogP contribution in [0.15, 0.2) is 4.47 Å². The van der Waals surface area contributed by atoms with Crippen molar-refractivity contribution in [1.82, 2.24) is 9.97 Å². The molecule has 17 heavy (non-hydrogen) atoms. The first-order valence-electron chi connectivity index (χ1n) is 6.12. The Morgan fingerprint density at radius 1 is 1.35 bits per heavy atom. The normalized spacial score (nSPS) is 14.8. The van der Waals surface area contributed by atoms with Gasteiger partial charge in [-0.15, -0.1) is 0 Å². The number of halogens is 1. The summed E-state index contributed by atoms with van der Waals surface area (Å²) in [6, 6.07) is 0. The number of hydrogen-bond donors (Lipinski definition) is 1. The molecule has 5 heteroatoms. The van der Waals surface area contributed by atoms with Gasteiger partial charge in [0.05, 0.1) is 10.2 Å². The SMILES string of the molecule is CCCNc1nc(N(C)C)nc(C2CC2)c1Br. The molecular formula is C12H19BrN4. The highest BCUT2D eigenvalue weighted by Gasteiger charge is 2.29. The van der Waals surface area contributed by atoms with Gasteiger partial charge in [0.15, 0.2) is 0 Å². The average Bonchev–Trinajstić information content (AvgIpc) is 3.11. The molecule has 1 fully saturated rings. The van der Waals surface area contributed by atoms with Gasteiger partial charge in [-0.2, -0.15) is 4.98 Å². The van der Waals surface area contributed by atoms with E-state index in [0.29, 0.717) is 5.92 Å². The van der Waals surface area contributed by atoms with Crippen molar-refractivity contribution in [2.24, 2.45) is 0 Å². The monoisotopic (exact) mass is 298 g/mol. The molecule has 0 radical (unpaired) electrons. The maximum absolute atomic E-state index is 4.63. The number of nitrogens with one attached hydrogen (secondary N) is 1. The summed E-state index contributed by atoms with van der Waals surface area (Å²) in [6.45, 7) is 3.09. The van der Waals surface area contributed by atoms with Crippen molar-refractivity contribution in [3.63, 3.8) is 0 Å². The van der Waals surface area contributed by atoms with Gasteiger partial charge in [0.25, 0.3) is 0 Å². The molecule has 1 heterocycles. The second-order valence-corrected chi connectivity index (χ2v) is 5.46. The summed E-state index contributed by atoms with van der Waals surface area (Å²) < 4.78 is 1.04. The van der Waals surface area contributed by atoms with Gasteiger partial charge in [-0.3, -0.25) is 0 Å². The number of aromatic nitrogens is 2. The number of anilines is 2. The minimum atomic E-state index is 0.619. The Kier molecular flexibility index (Phi) is 3.86. The Morgan fingerprint density at radius 3 is 2.59 bits per heavy atom. The fourth-order valence-corrected chi connectivity index (χ4v) is 2.28. The van der Waals surface area contributed by atoms with Crippen LogP contribution >= 0.6 is 15.9 Å². The van der Waals surface area contributed by atoms with E-state index in [4.69, 9.17) is 0 Å². The molecule has 0 amide bonds. The van der Waals surface area contributed by atoms with Crippen LogP contribution in [0.1, 0.15) is 37.8 Å². The second kappa shape index (κ2) is 5.21. The van der Waals surface area contributed by atoms with Crippen LogP contribution in [0, 0.1) is 0 Å². The number of rotatable bonds is 5. The van der Waals surface area contributed by atoms with Crippen LogP contribution in [-0.4, -0.2) is 30.6 Å². The fraction of sp³-hybridized carbons (Fsp3) is 0.667. The minimum Gasteiger partial charge on any atom is -0.369 e. The predicted octanol–water partition coefficient (Wildman–Crippen LogP) is 3.00. The minimum absolute atomic E-state index is 0.619. The van der Waals surface area contributed by atoms with E-state index in [0.717, 1.165) is 34.9 Å². The van der Waals surface area contributed by atoms with Crippen LogP contribution in [0.2, 0.25) is 0 Å². The summed E-state index contributed by atoms with van der Waals surface area (Å²) >= 11 is 3.63. The zero-order chi connectivity index (χ0) is 12.4. The third-order valence-electron chi connectivity index (χ3n) is 2.77. The molecule has 0 aromatic carbocycles. The standard InChI is InChI=1S/C12H19BrN4/c1-4-7-14-11-9(13)10(8-5-6-8)15-12(16-11)17(2)3/h8H,4-7H2,1-3H3,(H,14,15,16). The van der Waals surface area contributed by atoms with Crippen LogP contribution in [0.5, 0.6) is 0 Å². The second-order valence-electron chi connectivity index (χ2n) is 4.67. The van der Waals surface area contributed by atoms with E-state index < -0.39 is 0 Å². The molecule has 0 aliphatic heterocycles. The summed E-state index contributed by atoms with van der Waals surface area (Å²) in [4.78, 5) is 11.1. The van der Waals surface area contributed by atoms with Gasteiger partial charge in [-0.1, -0.05) is 6.92 Å². The van der Waals surface area contributed by atoms with Gasteiger partial charge in [0.1, 0.15) is 5.82 Å². The van der Waals surface area contributed by atoms with E-state index in [1.807, 2.05) is 19.0 Å². The van der Waals surface area contributed by atoms with Crippen molar-refractivity contribution >= 4 is 27.7 Å². The Balaban J connectivity index is 2.34. The molecular weight excluding hydrogens is 280 g/mol. The highest BCUT2D eigenvalue weighted by atomic mass is 79.9. The Labute approximate surface area is 111 Å². The molecule has 2 rings (SSSR count). The molecule has 1 N–H and O–H groups in total. The van der Waals surface area contributed by atoms with Crippen LogP contribution in [0.25, 0.3) is 0 Å². The lowest BCUT2D eigenvalue weighted by atomic mass is 10.2. The molecule has 0 bridgehead atoms. The Hall–Kier alpha value is -0.840. The van der Waals surface area contributed by atoms with Crippen molar-refractivity contribution in [2.75, 3.05) is 30.9 Å². The molecule has 1 aliphatic rings. The summed E-state index contributed by atoms with van der Waals surface area (Å²) in [7, 11) is 3.95. The van der Waals surface area contributed by atoms with Gasteiger partial charge in [-0.25, -0.2) is 4.98 Å². The van der Waals surface area contributed by atoms with Crippen molar-refractivity contribution < 1.29 is 0 Å².